The fraction of sp³-hybridized carbons (Fsp3) is 0.300. The fourth-order valence-corrected chi connectivity index (χ4v) is 1.76. The Hall–Kier alpha value is -0.480. The maximum absolute atomic E-state index is 8.59. The zero-order chi connectivity index (χ0) is 12.1. The molecule has 0 spiro atoms. The Kier molecular flexibility index (Phi) is 5.35. The minimum atomic E-state index is 0.0197. The van der Waals surface area contributed by atoms with Gasteiger partial charge in [0, 0.05) is 5.56 Å². The van der Waals surface area contributed by atoms with Gasteiger partial charge in [0.2, 0.25) is 0 Å². The molecule has 0 saturated heterocycles. The van der Waals surface area contributed by atoms with Crippen LogP contribution in [-0.4, -0.2) is 24.0 Å². The number of hydrazone groups is 1. The predicted octanol–water partition coefficient (Wildman–Crippen LogP) is 2.95. The molecule has 0 radical (unpaired) electrons. The Labute approximate surface area is 109 Å². The third kappa shape index (κ3) is 3.25. The van der Waals surface area contributed by atoms with Crippen molar-refractivity contribution in [1.82, 2.24) is 5.43 Å². The van der Waals surface area contributed by atoms with E-state index >= 15 is 0 Å². The summed E-state index contributed by atoms with van der Waals surface area (Å²) in [6, 6.07) is 3.41. The number of nitrogens with zero attached hydrogens (tertiary/aromatic N) is 1. The second-order valence-corrected chi connectivity index (χ2v) is 4.21. The van der Waals surface area contributed by atoms with Gasteiger partial charge in [-0.25, -0.2) is 0 Å². The number of rotatable bonds is 4. The van der Waals surface area contributed by atoms with Crippen molar-refractivity contribution in [3.8, 4) is 0 Å². The van der Waals surface area contributed by atoms with Crippen molar-refractivity contribution in [2.24, 2.45) is 5.10 Å². The molecule has 0 amide bonds. The first-order chi connectivity index (χ1) is 7.57. The van der Waals surface area contributed by atoms with Crippen LogP contribution in [0.1, 0.15) is 12.5 Å². The molecule has 3 nitrogen and oxygen atoms in total. The zero-order valence-corrected chi connectivity index (χ0v) is 10.9. The Morgan fingerprint density at radius 1 is 1.31 bits per heavy atom. The van der Waals surface area contributed by atoms with Crippen molar-refractivity contribution in [3.05, 3.63) is 32.8 Å². The van der Waals surface area contributed by atoms with Crippen LogP contribution in [-0.2, 0) is 0 Å². The van der Waals surface area contributed by atoms with E-state index in [2.05, 4.69) is 10.5 Å². The van der Waals surface area contributed by atoms with Gasteiger partial charge in [-0.1, -0.05) is 40.9 Å². The largest absolute Gasteiger partial charge is 0.394 e. The monoisotopic (exact) mass is 280 g/mol. The second kappa shape index (κ2) is 6.30. The van der Waals surface area contributed by atoms with Crippen LogP contribution in [0, 0.1) is 0 Å². The van der Waals surface area contributed by atoms with Gasteiger partial charge in [-0.3, -0.25) is 0 Å². The smallest absolute Gasteiger partial charge is 0.0785 e. The van der Waals surface area contributed by atoms with Crippen LogP contribution >= 0.6 is 34.8 Å². The van der Waals surface area contributed by atoms with E-state index in [1.54, 1.807) is 19.1 Å². The summed E-state index contributed by atoms with van der Waals surface area (Å²) in [7, 11) is 0. The minimum absolute atomic E-state index is 0.0197. The second-order valence-electron chi connectivity index (χ2n) is 3.05. The molecule has 0 unspecified atom stereocenters. The van der Waals surface area contributed by atoms with Crippen LogP contribution in [0.2, 0.25) is 15.1 Å². The summed E-state index contributed by atoms with van der Waals surface area (Å²) in [6.07, 6.45) is 0. The van der Waals surface area contributed by atoms with E-state index in [9.17, 15) is 0 Å². The first kappa shape index (κ1) is 13.6. The van der Waals surface area contributed by atoms with Crippen molar-refractivity contribution < 1.29 is 5.11 Å². The first-order valence-electron chi connectivity index (χ1n) is 4.59. The molecule has 1 rings (SSSR count). The Balaban J connectivity index is 2.96. The van der Waals surface area contributed by atoms with Crippen LogP contribution in [0.25, 0.3) is 0 Å². The third-order valence-corrected chi connectivity index (χ3v) is 3.19. The molecule has 1 aromatic rings. The fourth-order valence-electron chi connectivity index (χ4n) is 1.09. The number of nitrogens with one attached hydrogen (secondary N) is 1. The van der Waals surface area contributed by atoms with E-state index in [1.807, 2.05) is 0 Å². The molecule has 0 atom stereocenters. The molecule has 0 bridgehead atoms. The summed E-state index contributed by atoms with van der Waals surface area (Å²) in [5, 5.41) is 13.7. The lowest BCUT2D eigenvalue weighted by molar-refractivity contribution is 0.293. The number of aliphatic hydroxyl groups excluding tert-OH is 1. The minimum Gasteiger partial charge on any atom is -0.394 e. The van der Waals surface area contributed by atoms with Gasteiger partial charge in [-0.15, -0.1) is 0 Å². The molecule has 1 aromatic carbocycles. The highest BCUT2D eigenvalue weighted by Gasteiger charge is 2.10. The summed E-state index contributed by atoms with van der Waals surface area (Å²) >= 11 is 17.8. The molecule has 88 valence electrons. The van der Waals surface area contributed by atoms with Crippen LogP contribution < -0.4 is 5.43 Å². The van der Waals surface area contributed by atoms with Crippen molar-refractivity contribution in [3.63, 3.8) is 0 Å². The molecule has 16 heavy (non-hydrogen) atoms. The number of hydrogen-bond donors (Lipinski definition) is 2. The number of halogens is 3. The van der Waals surface area contributed by atoms with Crippen LogP contribution in [0.4, 0.5) is 0 Å². The molecule has 0 aromatic heterocycles. The molecular weight excluding hydrogens is 270 g/mol. The summed E-state index contributed by atoms with van der Waals surface area (Å²) in [5.41, 5.74) is 4.09. The Morgan fingerprint density at radius 3 is 2.62 bits per heavy atom. The number of hydrogen-bond acceptors (Lipinski definition) is 3. The number of benzene rings is 1. The normalized spacial score (nSPS) is 11.7. The van der Waals surface area contributed by atoms with Crippen molar-refractivity contribution in [1.29, 1.82) is 0 Å². The quantitative estimate of drug-likeness (QED) is 0.386. The third-order valence-electron chi connectivity index (χ3n) is 1.90. The maximum atomic E-state index is 8.59. The van der Waals surface area contributed by atoms with Crippen LogP contribution in [0.15, 0.2) is 17.2 Å². The van der Waals surface area contributed by atoms with E-state index in [0.29, 0.717) is 32.9 Å². The van der Waals surface area contributed by atoms with Gasteiger partial charge >= 0.3 is 0 Å². The lowest BCUT2D eigenvalue weighted by atomic mass is 10.1. The zero-order valence-electron chi connectivity index (χ0n) is 8.60. The van der Waals surface area contributed by atoms with Gasteiger partial charge in [0.1, 0.15) is 0 Å². The van der Waals surface area contributed by atoms with Gasteiger partial charge in [-0.05, 0) is 13.0 Å². The lowest BCUT2D eigenvalue weighted by Crippen LogP contribution is -2.14. The average molecular weight is 282 g/mol. The highest BCUT2D eigenvalue weighted by atomic mass is 35.5. The van der Waals surface area contributed by atoms with Crippen LogP contribution in [0.3, 0.4) is 0 Å². The average Bonchev–Trinajstić information content (AvgIpc) is 2.26. The first-order valence-corrected chi connectivity index (χ1v) is 5.73. The predicted molar refractivity (Wildman–Crippen MR) is 68.8 cm³/mol. The highest BCUT2D eigenvalue weighted by molar-refractivity contribution is 6.49. The molecule has 6 heteroatoms. The summed E-state index contributed by atoms with van der Waals surface area (Å²) in [4.78, 5) is 0. The van der Waals surface area contributed by atoms with Crippen molar-refractivity contribution in [2.75, 3.05) is 13.2 Å². The maximum Gasteiger partial charge on any atom is 0.0785 e. The molecule has 0 fully saturated rings. The number of aliphatic hydroxyl groups is 1. The Morgan fingerprint density at radius 2 is 2.00 bits per heavy atom. The van der Waals surface area contributed by atoms with Gasteiger partial charge < -0.3 is 10.5 Å². The standard InChI is InChI=1S/C10H11Cl3N2O/c1-6(15-14-4-5-16)7-2-3-8(11)10(13)9(7)12/h2-3,14,16H,4-5H2,1H3/b15-6+. The van der Waals surface area contributed by atoms with Crippen molar-refractivity contribution in [2.45, 2.75) is 6.92 Å². The van der Waals surface area contributed by atoms with Crippen molar-refractivity contribution >= 4 is 40.5 Å². The molecule has 0 aliphatic heterocycles. The van der Waals surface area contributed by atoms with Gasteiger partial charge in [0.05, 0.1) is 33.9 Å². The van der Waals surface area contributed by atoms with Gasteiger partial charge in [0.25, 0.3) is 0 Å². The van der Waals surface area contributed by atoms with E-state index in [-0.39, 0.29) is 6.61 Å². The van der Waals surface area contributed by atoms with E-state index in [4.69, 9.17) is 39.9 Å². The molecule has 0 aliphatic rings. The molecule has 0 aliphatic carbocycles. The SMILES string of the molecule is C/C(=N\NCCO)c1ccc(Cl)c(Cl)c1Cl. The van der Waals surface area contributed by atoms with E-state index in [0.717, 1.165) is 0 Å². The summed E-state index contributed by atoms with van der Waals surface area (Å²) in [5.74, 6) is 0. The Bertz CT molecular complexity index is 407. The van der Waals surface area contributed by atoms with Gasteiger partial charge in [-0.2, -0.15) is 5.10 Å². The summed E-state index contributed by atoms with van der Waals surface area (Å²) in [6.45, 7) is 2.19. The topological polar surface area (TPSA) is 44.6 Å². The van der Waals surface area contributed by atoms with Crippen LogP contribution in [0.5, 0.6) is 0 Å². The van der Waals surface area contributed by atoms with E-state index in [1.165, 1.54) is 0 Å². The molecule has 0 saturated carbocycles. The summed E-state index contributed by atoms with van der Waals surface area (Å²) < 4.78 is 0. The molecular formula is C10H11Cl3N2O. The lowest BCUT2D eigenvalue weighted by Gasteiger charge is -2.07. The van der Waals surface area contributed by atoms with E-state index < -0.39 is 0 Å². The van der Waals surface area contributed by atoms with Gasteiger partial charge in [0.15, 0.2) is 0 Å². The highest BCUT2D eigenvalue weighted by Crippen LogP contribution is 2.32. The molecule has 0 heterocycles. The molecule has 2 N–H and O–H groups in total.